The summed E-state index contributed by atoms with van der Waals surface area (Å²) in [6.45, 7) is 0. The van der Waals surface area contributed by atoms with Gasteiger partial charge in [-0.15, -0.1) is 10.2 Å². The molecule has 1 amide bonds. The van der Waals surface area contributed by atoms with Crippen molar-refractivity contribution in [1.29, 1.82) is 0 Å². The van der Waals surface area contributed by atoms with Gasteiger partial charge in [0.25, 0.3) is 5.91 Å². The van der Waals surface area contributed by atoms with Gasteiger partial charge in [0.1, 0.15) is 5.75 Å². The third-order valence-electron chi connectivity index (χ3n) is 5.43. The summed E-state index contributed by atoms with van der Waals surface area (Å²) in [5.41, 5.74) is 4.83. The summed E-state index contributed by atoms with van der Waals surface area (Å²) in [5, 5.41) is 13.4. The molecule has 38 heavy (non-hydrogen) atoms. The maximum Gasteiger partial charge on any atom is 0.250 e. The number of hydrogen-bond donors (Lipinski definition) is 1. The Morgan fingerprint density at radius 2 is 1.55 bits per heavy atom. The molecule has 4 aromatic rings. The molecule has 196 valence electrons. The topological polar surface area (TPSA) is 109 Å². The fourth-order valence-corrected chi connectivity index (χ4v) is 4.42. The lowest BCUT2D eigenvalue weighted by molar-refractivity contribution is -0.118. The van der Waals surface area contributed by atoms with Crippen molar-refractivity contribution in [3.05, 3.63) is 72.3 Å². The van der Waals surface area contributed by atoms with Crippen molar-refractivity contribution in [2.45, 2.75) is 5.16 Å². The number of carbonyl (C=O) groups excluding carboxylic acids is 1. The second-order valence-electron chi connectivity index (χ2n) is 7.71. The van der Waals surface area contributed by atoms with Gasteiger partial charge in [0.15, 0.2) is 22.5 Å². The van der Waals surface area contributed by atoms with Crippen LogP contribution in [0.25, 0.3) is 17.1 Å². The molecule has 0 aliphatic carbocycles. The average molecular weight is 534 g/mol. The number of methoxy groups -OCH3 is 4. The first-order valence-electron chi connectivity index (χ1n) is 11.5. The van der Waals surface area contributed by atoms with E-state index in [1.165, 1.54) is 18.0 Å². The lowest BCUT2D eigenvalue weighted by Crippen LogP contribution is -2.20. The van der Waals surface area contributed by atoms with Crippen molar-refractivity contribution in [2.24, 2.45) is 5.10 Å². The molecule has 4 rings (SSSR count). The van der Waals surface area contributed by atoms with Gasteiger partial charge in [0.05, 0.1) is 40.4 Å². The van der Waals surface area contributed by atoms with Crippen LogP contribution in [0.15, 0.2) is 77.0 Å². The largest absolute Gasteiger partial charge is 0.496 e. The summed E-state index contributed by atoms with van der Waals surface area (Å²) in [4.78, 5) is 12.5. The van der Waals surface area contributed by atoms with Crippen molar-refractivity contribution >= 4 is 23.9 Å². The van der Waals surface area contributed by atoms with E-state index in [-0.39, 0.29) is 11.7 Å². The molecule has 0 aliphatic rings. The number of nitrogens with one attached hydrogen (secondary N) is 1. The molecular formula is C27H27N5O5S. The van der Waals surface area contributed by atoms with Gasteiger partial charge in [-0.2, -0.15) is 5.10 Å². The standard InChI is InChI=1S/C27H27N5O5S/c1-34-21-13-9-8-10-18(21)16-28-29-24(33)17-38-27-31-30-26(32(27)20-11-6-5-7-12-20)19-14-22(35-2)25(37-4)23(15-19)36-3/h5-16H,17H2,1-4H3,(H,29,33)/b28-16-. The second kappa shape index (κ2) is 12.6. The maximum absolute atomic E-state index is 12.5. The number of hydrogen-bond acceptors (Lipinski definition) is 9. The number of thioether (sulfide) groups is 1. The summed E-state index contributed by atoms with van der Waals surface area (Å²) < 4.78 is 23.6. The minimum Gasteiger partial charge on any atom is -0.496 e. The van der Waals surface area contributed by atoms with Crippen LogP contribution in [0.2, 0.25) is 0 Å². The van der Waals surface area contributed by atoms with Crippen LogP contribution in [0.4, 0.5) is 0 Å². The van der Waals surface area contributed by atoms with Gasteiger partial charge in [-0.3, -0.25) is 9.36 Å². The number of benzene rings is 3. The van der Waals surface area contributed by atoms with E-state index in [2.05, 4.69) is 20.7 Å². The zero-order valence-corrected chi connectivity index (χ0v) is 22.2. The zero-order chi connectivity index (χ0) is 26.9. The fourth-order valence-electron chi connectivity index (χ4n) is 3.68. The Morgan fingerprint density at radius 3 is 2.21 bits per heavy atom. The Balaban J connectivity index is 1.59. The quantitative estimate of drug-likeness (QED) is 0.174. The number of hydrazone groups is 1. The van der Waals surface area contributed by atoms with Crippen molar-refractivity contribution < 1.29 is 23.7 Å². The number of aromatic nitrogens is 3. The molecule has 0 bridgehead atoms. The number of nitrogens with zero attached hydrogens (tertiary/aromatic N) is 4. The Bertz CT molecular complexity index is 1400. The lowest BCUT2D eigenvalue weighted by atomic mass is 10.1. The summed E-state index contributed by atoms with van der Waals surface area (Å²) >= 11 is 1.24. The van der Waals surface area contributed by atoms with Crippen LogP contribution in [0.3, 0.4) is 0 Å². The molecule has 1 N–H and O–H groups in total. The van der Waals surface area contributed by atoms with Gasteiger partial charge in [-0.05, 0) is 36.4 Å². The molecule has 0 aliphatic heterocycles. The minimum absolute atomic E-state index is 0.0729. The first-order valence-corrected chi connectivity index (χ1v) is 12.5. The predicted molar refractivity (Wildman–Crippen MR) is 146 cm³/mol. The summed E-state index contributed by atoms with van der Waals surface area (Å²) in [6.07, 6.45) is 1.54. The van der Waals surface area contributed by atoms with Crippen LogP contribution < -0.4 is 24.4 Å². The average Bonchev–Trinajstić information content (AvgIpc) is 3.40. The van der Waals surface area contributed by atoms with Crippen LogP contribution >= 0.6 is 11.8 Å². The molecule has 0 saturated heterocycles. The Morgan fingerprint density at radius 1 is 0.895 bits per heavy atom. The van der Waals surface area contributed by atoms with Crippen molar-refractivity contribution in [3.63, 3.8) is 0 Å². The molecule has 1 aromatic heterocycles. The van der Waals surface area contributed by atoms with E-state index >= 15 is 0 Å². The third-order valence-corrected chi connectivity index (χ3v) is 6.36. The van der Waals surface area contributed by atoms with Crippen molar-refractivity contribution in [1.82, 2.24) is 20.2 Å². The molecule has 0 atom stereocenters. The minimum atomic E-state index is -0.293. The van der Waals surface area contributed by atoms with Gasteiger partial charge in [-0.1, -0.05) is 42.1 Å². The van der Waals surface area contributed by atoms with Gasteiger partial charge in [0, 0.05) is 16.8 Å². The molecular weight excluding hydrogens is 506 g/mol. The highest BCUT2D eigenvalue weighted by atomic mass is 32.2. The Kier molecular flexibility index (Phi) is 8.83. The van der Waals surface area contributed by atoms with Gasteiger partial charge < -0.3 is 18.9 Å². The lowest BCUT2D eigenvalue weighted by Gasteiger charge is -2.15. The predicted octanol–water partition coefficient (Wildman–Crippen LogP) is 4.21. The van der Waals surface area contributed by atoms with E-state index in [0.717, 1.165) is 11.3 Å². The van der Waals surface area contributed by atoms with Crippen LogP contribution in [0.5, 0.6) is 23.0 Å². The molecule has 0 fully saturated rings. The number of ether oxygens (including phenoxy) is 4. The molecule has 1 heterocycles. The molecule has 0 saturated carbocycles. The Hall–Kier alpha value is -4.51. The van der Waals surface area contributed by atoms with E-state index < -0.39 is 0 Å². The van der Waals surface area contributed by atoms with Crippen LogP contribution in [0, 0.1) is 0 Å². The molecule has 11 heteroatoms. The molecule has 10 nitrogen and oxygen atoms in total. The van der Waals surface area contributed by atoms with Crippen LogP contribution in [-0.2, 0) is 4.79 Å². The first kappa shape index (κ1) is 26.6. The van der Waals surface area contributed by atoms with Crippen molar-refractivity contribution in [3.8, 4) is 40.1 Å². The highest BCUT2D eigenvalue weighted by Crippen LogP contribution is 2.41. The van der Waals surface area contributed by atoms with Crippen molar-refractivity contribution in [2.75, 3.05) is 34.2 Å². The maximum atomic E-state index is 12.5. The van der Waals surface area contributed by atoms with E-state index in [9.17, 15) is 4.79 Å². The SMILES string of the molecule is COc1ccccc1/C=N\NC(=O)CSc1nnc(-c2cc(OC)c(OC)c(OC)c2)n1-c1ccccc1. The monoisotopic (exact) mass is 533 g/mol. The van der Waals surface area contributed by atoms with E-state index in [1.807, 2.05) is 59.2 Å². The molecule has 0 radical (unpaired) electrons. The third kappa shape index (κ3) is 5.89. The highest BCUT2D eigenvalue weighted by Gasteiger charge is 2.21. The normalized spacial score (nSPS) is 10.8. The second-order valence-corrected chi connectivity index (χ2v) is 8.66. The van der Waals surface area contributed by atoms with Gasteiger partial charge in [-0.25, -0.2) is 5.43 Å². The number of amides is 1. The molecule has 3 aromatic carbocycles. The molecule has 0 spiro atoms. The molecule has 0 unspecified atom stereocenters. The van der Waals surface area contributed by atoms with Gasteiger partial charge >= 0.3 is 0 Å². The van der Waals surface area contributed by atoms with E-state index in [1.54, 1.807) is 40.6 Å². The highest BCUT2D eigenvalue weighted by molar-refractivity contribution is 7.99. The number of para-hydroxylation sites is 2. The first-order chi connectivity index (χ1) is 18.6. The van der Waals surface area contributed by atoms with Gasteiger partial charge in [0.2, 0.25) is 5.75 Å². The zero-order valence-electron chi connectivity index (χ0n) is 21.4. The van der Waals surface area contributed by atoms with Crippen LogP contribution in [-0.4, -0.2) is 61.1 Å². The summed E-state index contributed by atoms with van der Waals surface area (Å²) in [5.74, 6) is 2.45. The summed E-state index contributed by atoms with van der Waals surface area (Å²) in [7, 11) is 6.24. The van der Waals surface area contributed by atoms with Crippen LogP contribution in [0.1, 0.15) is 5.56 Å². The Labute approximate surface area is 224 Å². The van der Waals surface area contributed by atoms with E-state index in [0.29, 0.717) is 39.5 Å². The summed E-state index contributed by atoms with van der Waals surface area (Å²) in [6, 6.07) is 20.6. The number of carbonyl (C=O) groups is 1. The smallest absolute Gasteiger partial charge is 0.250 e. The number of rotatable bonds is 11. The van der Waals surface area contributed by atoms with E-state index in [4.69, 9.17) is 18.9 Å². The fraction of sp³-hybridized carbons (Fsp3) is 0.185.